The van der Waals surface area contributed by atoms with Crippen molar-refractivity contribution in [1.82, 2.24) is 19.9 Å². The lowest BCUT2D eigenvalue weighted by Gasteiger charge is -2.26. The molecule has 3 aromatic heterocycles. The van der Waals surface area contributed by atoms with Gasteiger partial charge in [-0.3, -0.25) is 0 Å². The van der Waals surface area contributed by atoms with E-state index in [1.807, 2.05) is 13.2 Å². The third-order valence-electron chi connectivity index (χ3n) is 5.89. The first-order chi connectivity index (χ1) is 16.3. The molecule has 0 bridgehead atoms. The molecule has 1 aromatic carbocycles. The molecular weight excluding hydrogens is 514 g/mol. The molecule has 0 unspecified atom stereocenters. The number of rotatable bonds is 4. The van der Waals surface area contributed by atoms with E-state index >= 15 is 0 Å². The van der Waals surface area contributed by atoms with Gasteiger partial charge in [-0.15, -0.1) is 0 Å². The number of halogens is 1. The van der Waals surface area contributed by atoms with Crippen molar-refractivity contribution < 1.29 is 4.74 Å². The van der Waals surface area contributed by atoms with Gasteiger partial charge in [-0.25, -0.2) is 15.0 Å². The number of aryl methyl sites for hydroxylation is 1. The average Bonchev–Trinajstić information content (AvgIpc) is 3.08. The first-order valence-electron chi connectivity index (χ1n) is 11.1. The number of thiazole rings is 1. The Morgan fingerprint density at radius 3 is 2.76 bits per heavy atom. The SMILES string of the molecule is CNc1nc2cc(-c3cc(C)c4c(c3)CN(c3nc(N)nc(Br)c3C(C)C)CCO4)cnc2s1. The summed E-state index contributed by atoms with van der Waals surface area (Å²) in [5.74, 6) is 2.27. The molecule has 3 N–H and O–H groups in total. The Labute approximate surface area is 210 Å². The maximum Gasteiger partial charge on any atom is 0.223 e. The van der Waals surface area contributed by atoms with Crippen LogP contribution in [0.5, 0.6) is 5.75 Å². The van der Waals surface area contributed by atoms with Gasteiger partial charge in [0.05, 0.1) is 6.54 Å². The third-order valence-corrected chi connectivity index (χ3v) is 7.49. The molecule has 0 fully saturated rings. The van der Waals surface area contributed by atoms with E-state index in [1.165, 1.54) is 0 Å². The summed E-state index contributed by atoms with van der Waals surface area (Å²) in [5, 5.41) is 3.96. The van der Waals surface area contributed by atoms with Crippen molar-refractivity contribution in [3.63, 3.8) is 0 Å². The second-order valence-electron chi connectivity index (χ2n) is 8.63. The monoisotopic (exact) mass is 539 g/mol. The van der Waals surface area contributed by atoms with Crippen molar-refractivity contribution in [2.24, 2.45) is 0 Å². The number of aromatic nitrogens is 4. The topological polar surface area (TPSA) is 102 Å². The van der Waals surface area contributed by atoms with Crippen LogP contribution < -0.4 is 20.7 Å². The number of ether oxygens (including phenoxy) is 1. The molecule has 8 nitrogen and oxygen atoms in total. The lowest BCUT2D eigenvalue weighted by Crippen LogP contribution is -2.28. The molecule has 0 saturated carbocycles. The van der Waals surface area contributed by atoms with Crippen LogP contribution in [-0.2, 0) is 6.54 Å². The number of nitrogen functional groups attached to an aromatic ring is 1. The van der Waals surface area contributed by atoms with Crippen LogP contribution in [0, 0.1) is 6.92 Å². The van der Waals surface area contributed by atoms with Gasteiger partial charge in [-0.1, -0.05) is 25.2 Å². The Kier molecular flexibility index (Phi) is 6.03. The van der Waals surface area contributed by atoms with Crippen LogP contribution >= 0.6 is 27.3 Å². The van der Waals surface area contributed by atoms with Crippen molar-refractivity contribution >= 4 is 54.5 Å². The predicted molar refractivity (Wildman–Crippen MR) is 142 cm³/mol. The predicted octanol–water partition coefficient (Wildman–Crippen LogP) is 5.37. The molecule has 0 amide bonds. The van der Waals surface area contributed by atoms with Crippen LogP contribution in [0.2, 0.25) is 0 Å². The van der Waals surface area contributed by atoms with Crippen LogP contribution in [0.4, 0.5) is 16.9 Å². The minimum absolute atomic E-state index is 0.236. The highest BCUT2D eigenvalue weighted by Crippen LogP contribution is 2.38. The van der Waals surface area contributed by atoms with E-state index in [0.717, 1.165) is 59.5 Å². The largest absolute Gasteiger partial charge is 0.491 e. The maximum atomic E-state index is 6.21. The molecule has 5 rings (SSSR count). The van der Waals surface area contributed by atoms with Crippen LogP contribution in [0.3, 0.4) is 0 Å². The molecule has 10 heteroatoms. The minimum atomic E-state index is 0.236. The lowest BCUT2D eigenvalue weighted by atomic mass is 9.99. The van der Waals surface area contributed by atoms with Crippen LogP contribution in [0.25, 0.3) is 21.5 Å². The van der Waals surface area contributed by atoms with E-state index in [4.69, 9.17) is 10.5 Å². The number of nitrogens with zero attached hydrogens (tertiary/aromatic N) is 5. The van der Waals surface area contributed by atoms with Gasteiger partial charge in [-0.2, -0.15) is 4.98 Å². The van der Waals surface area contributed by atoms with Gasteiger partial charge in [0.1, 0.15) is 33.1 Å². The summed E-state index contributed by atoms with van der Waals surface area (Å²) >= 11 is 5.14. The van der Waals surface area contributed by atoms with E-state index in [2.05, 4.69) is 85.1 Å². The van der Waals surface area contributed by atoms with Crippen molar-refractivity contribution in [2.75, 3.05) is 36.1 Å². The number of fused-ring (bicyclic) bond motifs is 2. The normalized spacial score (nSPS) is 13.6. The van der Waals surface area contributed by atoms with Crippen molar-refractivity contribution in [2.45, 2.75) is 33.2 Å². The smallest absolute Gasteiger partial charge is 0.223 e. The number of hydrogen-bond donors (Lipinski definition) is 2. The Morgan fingerprint density at radius 2 is 2.00 bits per heavy atom. The van der Waals surface area contributed by atoms with E-state index in [0.29, 0.717) is 19.7 Å². The maximum absolute atomic E-state index is 6.21. The second-order valence-corrected chi connectivity index (χ2v) is 10.4. The lowest BCUT2D eigenvalue weighted by molar-refractivity contribution is 0.329. The first kappa shape index (κ1) is 22.8. The summed E-state index contributed by atoms with van der Waals surface area (Å²) in [5.41, 5.74) is 12.3. The standard InChI is InChI=1S/C24H26BrN7OS/c1-12(2)18-20(25)30-23(26)31-21(18)32-5-6-33-19-13(3)7-14(8-16(19)11-32)15-9-17-22(28-10-15)34-24(27-4)29-17/h7-10,12H,5-6,11H2,1-4H3,(H,27,29)(H2,26,30,31). The molecule has 4 aromatic rings. The number of hydrogen-bond acceptors (Lipinski definition) is 9. The van der Waals surface area contributed by atoms with Crippen molar-refractivity contribution in [3.8, 4) is 16.9 Å². The highest BCUT2D eigenvalue weighted by molar-refractivity contribution is 9.10. The van der Waals surface area contributed by atoms with Crippen molar-refractivity contribution in [3.05, 3.63) is 45.7 Å². The molecule has 0 radical (unpaired) electrons. The summed E-state index contributed by atoms with van der Waals surface area (Å²) < 4.78 is 6.95. The summed E-state index contributed by atoms with van der Waals surface area (Å²) in [6.45, 7) is 8.27. The molecule has 0 spiro atoms. The van der Waals surface area contributed by atoms with E-state index in [9.17, 15) is 0 Å². The summed E-state index contributed by atoms with van der Waals surface area (Å²) in [6, 6.07) is 6.43. The van der Waals surface area contributed by atoms with Crippen LogP contribution in [0.1, 0.15) is 36.5 Å². The number of nitrogens with two attached hydrogens (primary N) is 1. The molecule has 176 valence electrons. The summed E-state index contributed by atoms with van der Waals surface area (Å²) in [6.07, 6.45) is 1.91. The molecule has 4 heterocycles. The van der Waals surface area contributed by atoms with Gasteiger partial charge in [0.2, 0.25) is 5.95 Å². The van der Waals surface area contributed by atoms with Crippen LogP contribution in [0.15, 0.2) is 29.0 Å². The number of nitrogens with one attached hydrogen (secondary N) is 1. The highest BCUT2D eigenvalue weighted by Gasteiger charge is 2.25. The first-order valence-corrected chi connectivity index (χ1v) is 12.7. The summed E-state index contributed by atoms with van der Waals surface area (Å²) in [4.78, 5) is 21.4. The number of pyridine rings is 1. The van der Waals surface area contributed by atoms with Crippen molar-refractivity contribution in [1.29, 1.82) is 0 Å². The molecule has 0 atom stereocenters. The Hall–Kier alpha value is -2.98. The van der Waals surface area contributed by atoms with Crippen LogP contribution in [-0.4, -0.2) is 40.1 Å². The average molecular weight is 540 g/mol. The van der Waals surface area contributed by atoms with E-state index in [1.54, 1.807) is 11.3 Å². The minimum Gasteiger partial charge on any atom is -0.491 e. The third kappa shape index (κ3) is 4.16. The van der Waals surface area contributed by atoms with Gasteiger partial charge < -0.3 is 20.7 Å². The molecule has 34 heavy (non-hydrogen) atoms. The zero-order valence-corrected chi connectivity index (χ0v) is 21.9. The Balaban J connectivity index is 1.57. The van der Waals surface area contributed by atoms with Gasteiger partial charge in [0.25, 0.3) is 0 Å². The molecule has 0 saturated heterocycles. The Morgan fingerprint density at radius 1 is 1.18 bits per heavy atom. The molecular formula is C24H26BrN7OS. The van der Waals surface area contributed by atoms with Gasteiger partial charge in [-0.05, 0) is 58.1 Å². The molecule has 1 aliphatic rings. The number of anilines is 3. The summed E-state index contributed by atoms with van der Waals surface area (Å²) in [7, 11) is 1.87. The zero-order valence-electron chi connectivity index (χ0n) is 19.5. The van der Waals surface area contributed by atoms with E-state index in [-0.39, 0.29) is 11.9 Å². The fourth-order valence-electron chi connectivity index (χ4n) is 4.33. The molecule has 1 aliphatic heterocycles. The highest BCUT2D eigenvalue weighted by atomic mass is 79.9. The fraction of sp³-hybridized carbons (Fsp3) is 0.333. The number of benzene rings is 1. The quantitative estimate of drug-likeness (QED) is 0.334. The fourth-order valence-corrected chi connectivity index (χ4v) is 5.89. The van der Waals surface area contributed by atoms with E-state index < -0.39 is 0 Å². The second kappa shape index (κ2) is 8.99. The molecule has 0 aliphatic carbocycles. The van der Waals surface area contributed by atoms with Gasteiger partial charge in [0, 0.05) is 36.5 Å². The van der Waals surface area contributed by atoms with Gasteiger partial charge >= 0.3 is 0 Å². The Bertz CT molecular complexity index is 1390. The van der Waals surface area contributed by atoms with Gasteiger partial charge in [0.15, 0.2) is 5.13 Å². The zero-order chi connectivity index (χ0) is 24.0.